The fraction of sp³-hybridized carbons (Fsp3) is 0.938. The van der Waals surface area contributed by atoms with Gasteiger partial charge in [0.2, 0.25) is 0 Å². The van der Waals surface area contributed by atoms with Crippen molar-refractivity contribution in [1.29, 1.82) is 0 Å². The lowest BCUT2D eigenvalue weighted by molar-refractivity contribution is 0.273. The third kappa shape index (κ3) is 5.02. The minimum atomic E-state index is 0.634. The Bertz CT molecular complexity index is 301. The molecule has 0 radical (unpaired) electrons. The fourth-order valence-electron chi connectivity index (χ4n) is 3.32. The zero-order chi connectivity index (χ0) is 13.7. The van der Waals surface area contributed by atoms with Gasteiger partial charge in [-0.15, -0.1) is 0 Å². The average molecular weight is 282 g/mol. The van der Waals surface area contributed by atoms with Crippen LogP contribution in [-0.4, -0.2) is 23.5 Å². The zero-order valence-electron chi connectivity index (χ0n) is 12.8. The largest absolute Gasteiger partial charge is 0.362 e. The Morgan fingerprint density at radius 2 is 2.16 bits per heavy atom. The van der Waals surface area contributed by atoms with Crippen molar-refractivity contribution in [2.45, 2.75) is 65.3 Å². The molecule has 2 aliphatic rings. The van der Waals surface area contributed by atoms with Crippen molar-refractivity contribution in [3.63, 3.8) is 0 Å². The van der Waals surface area contributed by atoms with E-state index in [0.717, 1.165) is 18.4 Å². The van der Waals surface area contributed by atoms with Crippen LogP contribution in [0.3, 0.4) is 0 Å². The van der Waals surface area contributed by atoms with Crippen molar-refractivity contribution in [1.82, 2.24) is 5.32 Å². The molecular weight excluding hydrogens is 252 g/mol. The summed E-state index contributed by atoms with van der Waals surface area (Å²) in [6.07, 6.45) is 8.32. The van der Waals surface area contributed by atoms with E-state index in [1.54, 1.807) is 0 Å². The number of nitrogens with one attached hydrogen (secondary N) is 1. The predicted molar refractivity (Wildman–Crippen MR) is 86.9 cm³/mol. The summed E-state index contributed by atoms with van der Waals surface area (Å²) in [7, 11) is 0. The molecule has 1 heterocycles. The molecule has 1 saturated heterocycles. The molecule has 0 aromatic heterocycles. The van der Waals surface area contributed by atoms with Crippen LogP contribution < -0.4 is 5.32 Å². The number of hydrogen-bond acceptors (Lipinski definition) is 2. The molecule has 19 heavy (non-hydrogen) atoms. The van der Waals surface area contributed by atoms with Gasteiger partial charge in [0, 0.05) is 18.3 Å². The molecule has 3 heteroatoms. The van der Waals surface area contributed by atoms with Gasteiger partial charge in [-0.05, 0) is 37.0 Å². The van der Waals surface area contributed by atoms with E-state index in [9.17, 15) is 0 Å². The van der Waals surface area contributed by atoms with Gasteiger partial charge in [0.15, 0.2) is 5.17 Å². The van der Waals surface area contributed by atoms with E-state index in [2.05, 4.69) is 26.1 Å². The second-order valence-electron chi connectivity index (χ2n) is 6.75. The maximum absolute atomic E-state index is 4.80. The van der Waals surface area contributed by atoms with Crippen LogP contribution >= 0.6 is 11.8 Å². The zero-order valence-corrected chi connectivity index (χ0v) is 13.6. The minimum absolute atomic E-state index is 0.634. The van der Waals surface area contributed by atoms with Crippen LogP contribution in [0.25, 0.3) is 0 Å². The Morgan fingerprint density at radius 1 is 1.32 bits per heavy atom. The molecule has 0 aromatic rings. The standard InChI is InChI=1S/C16H30N2S/c1-12(2)15-8-10-19-16(18-15)17-9-7-14-6-4-5-13(3)11-14/h12-15H,4-11H2,1-3H3,(H,17,18). The number of amidine groups is 1. The minimum Gasteiger partial charge on any atom is -0.362 e. The van der Waals surface area contributed by atoms with E-state index in [-0.39, 0.29) is 0 Å². The molecule has 1 aliphatic heterocycles. The Hall–Kier alpha value is -0.180. The summed E-state index contributed by atoms with van der Waals surface area (Å²) in [4.78, 5) is 4.80. The van der Waals surface area contributed by atoms with Gasteiger partial charge in [0.25, 0.3) is 0 Å². The first-order valence-electron chi connectivity index (χ1n) is 8.09. The first-order chi connectivity index (χ1) is 9.15. The molecule has 1 saturated carbocycles. The summed E-state index contributed by atoms with van der Waals surface area (Å²) in [6.45, 7) is 8.03. The molecule has 3 unspecified atom stereocenters. The van der Waals surface area contributed by atoms with Gasteiger partial charge in [-0.3, -0.25) is 4.99 Å². The van der Waals surface area contributed by atoms with Gasteiger partial charge in [0.05, 0.1) is 0 Å². The summed E-state index contributed by atoms with van der Waals surface area (Å²) in [5.74, 6) is 3.82. The van der Waals surface area contributed by atoms with Gasteiger partial charge < -0.3 is 5.32 Å². The first kappa shape index (κ1) is 15.2. The molecule has 0 amide bonds. The number of nitrogens with zero attached hydrogens (tertiary/aromatic N) is 1. The van der Waals surface area contributed by atoms with E-state index in [4.69, 9.17) is 4.99 Å². The third-order valence-corrected chi connectivity index (χ3v) is 5.58. The molecule has 0 bridgehead atoms. The summed E-state index contributed by atoms with van der Waals surface area (Å²) in [5.41, 5.74) is 0. The summed E-state index contributed by atoms with van der Waals surface area (Å²) in [6, 6.07) is 0.634. The van der Waals surface area contributed by atoms with Crippen LogP contribution in [0, 0.1) is 17.8 Å². The predicted octanol–water partition coefficient (Wildman–Crippen LogP) is 4.31. The van der Waals surface area contributed by atoms with Gasteiger partial charge in [-0.2, -0.15) is 0 Å². The Morgan fingerprint density at radius 3 is 2.89 bits per heavy atom. The second kappa shape index (κ2) is 7.56. The van der Waals surface area contributed by atoms with Crippen LogP contribution in [-0.2, 0) is 0 Å². The van der Waals surface area contributed by atoms with Crippen molar-refractivity contribution >= 4 is 16.9 Å². The van der Waals surface area contributed by atoms with Crippen molar-refractivity contribution < 1.29 is 0 Å². The van der Waals surface area contributed by atoms with Crippen molar-refractivity contribution in [3.05, 3.63) is 0 Å². The summed E-state index contributed by atoms with van der Waals surface area (Å²) < 4.78 is 0. The molecule has 0 spiro atoms. The molecule has 2 fully saturated rings. The molecule has 1 aliphatic carbocycles. The lowest BCUT2D eigenvalue weighted by Gasteiger charge is -2.29. The number of thioether (sulfide) groups is 1. The summed E-state index contributed by atoms with van der Waals surface area (Å²) >= 11 is 1.91. The van der Waals surface area contributed by atoms with E-state index in [1.807, 2.05) is 11.8 Å². The quantitative estimate of drug-likeness (QED) is 0.831. The van der Waals surface area contributed by atoms with Crippen LogP contribution in [0.4, 0.5) is 0 Å². The fourth-order valence-corrected chi connectivity index (χ4v) is 4.30. The van der Waals surface area contributed by atoms with Crippen LogP contribution in [0.15, 0.2) is 4.99 Å². The van der Waals surface area contributed by atoms with Crippen LogP contribution in [0.5, 0.6) is 0 Å². The molecule has 110 valence electrons. The molecule has 1 N–H and O–H groups in total. The lowest BCUT2D eigenvalue weighted by atomic mass is 9.81. The number of hydrogen-bond donors (Lipinski definition) is 1. The monoisotopic (exact) mass is 282 g/mol. The molecule has 2 nitrogen and oxygen atoms in total. The van der Waals surface area contributed by atoms with Crippen molar-refractivity contribution in [3.8, 4) is 0 Å². The molecule has 0 aromatic carbocycles. The summed E-state index contributed by atoms with van der Waals surface area (Å²) in [5, 5.41) is 4.81. The molecular formula is C16H30N2S. The van der Waals surface area contributed by atoms with Gasteiger partial charge in [-0.25, -0.2) is 0 Å². The Balaban J connectivity index is 1.72. The highest BCUT2D eigenvalue weighted by Gasteiger charge is 2.21. The van der Waals surface area contributed by atoms with E-state index < -0.39 is 0 Å². The SMILES string of the molecule is CC1CCCC(CCN=C2NC(C(C)C)CCS2)C1. The van der Waals surface area contributed by atoms with Gasteiger partial charge >= 0.3 is 0 Å². The van der Waals surface area contributed by atoms with E-state index >= 15 is 0 Å². The van der Waals surface area contributed by atoms with E-state index in [1.165, 1.54) is 49.4 Å². The molecule has 3 atom stereocenters. The highest BCUT2D eigenvalue weighted by molar-refractivity contribution is 8.13. The van der Waals surface area contributed by atoms with Gasteiger partial charge in [-0.1, -0.05) is 51.8 Å². The lowest BCUT2D eigenvalue weighted by Crippen LogP contribution is -2.41. The van der Waals surface area contributed by atoms with Crippen molar-refractivity contribution in [2.75, 3.05) is 12.3 Å². The first-order valence-corrected chi connectivity index (χ1v) is 9.07. The van der Waals surface area contributed by atoms with Crippen molar-refractivity contribution in [2.24, 2.45) is 22.7 Å². The maximum atomic E-state index is 4.80. The number of aliphatic imine (C=N–C) groups is 1. The topological polar surface area (TPSA) is 24.4 Å². The van der Waals surface area contributed by atoms with E-state index in [0.29, 0.717) is 12.0 Å². The smallest absolute Gasteiger partial charge is 0.156 e. The highest BCUT2D eigenvalue weighted by Crippen LogP contribution is 2.30. The maximum Gasteiger partial charge on any atom is 0.156 e. The highest BCUT2D eigenvalue weighted by atomic mass is 32.2. The Labute approximate surface area is 123 Å². The van der Waals surface area contributed by atoms with Crippen LogP contribution in [0.1, 0.15) is 59.3 Å². The number of rotatable bonds is 4. The van der Waals surface area contributed by atoms with Crippen LogP contribution in [0.2, 0.25) is 0 Å². The Kier molecular flexibility index (Phi) is 6.06. The normalized spacial score (nSPS) is 34.5. The third-order valence-electron chi connectivity index (χ3n) is 4.62. The second-order valence-corrected chi connectivity index (χ2v) is 7.83. The molecule has 2 rings (SSSR count). The average Bonchev–Trinajstić information content (AvgIpc) is 2.39. The van der Waals surface area contributed by atoms with Gasteiger partial charge in [0.1, 0.15) is 0 Å².